The van der Waals surface area contributed by atoms with Crippen LogP contribution in [-0.4, -0.2) is 40.0 Å². The minimum Gasteiger partial charge on any atom is -0.497 e. The quantitative estimate of drug-likeness (QED) is 0.0575. The first-order chi connectivity index (χ1) is 26.2. The van der Waals surface area contributed by atoms with Crippen LogP contribution in [0.25, 0.3) is 0 Å². The molecule has 1 aromatic rings. The van der Waals surface area contributed by atoms with Crippen LogP contribution in [-0.2, 0) is 9.47 Å². The zero-order valence-corrected chi connectivity index (χ0v) is 35.2. The van der Waals surface area contributed by atoms with E-state index in [1.807, 2.05) is 25.2 Å². The highest BCUT2D eigenvalue weighted by molar-refractivity contribution is 5.39. The molecule has 1 aromatic carbocycles. The van der Waals surface area contributed by atoms with Crippen LogP contribution in [0.3, 0.4) is 0 Å². The normalized spacial score (nSPS) is 16.0. The Morgan fingerprint density at radius 3 is 1.55 bits per heavy atom. The minimum absolute atomic E-state index is 0.0684. The van der Waals surface area contributed by atoms with Gasteiger partial charge < -0.3 is 24.3 Å². The first kappa shape index (κ1) is 48.7. The second-order valence-electron chi connectivity index (χ2n) is 14.6. The van der Waals surface area contributed by atoms with Crippen LogP contribution in [0.4, 0.5) is 0 Å². The van der Waals surface area contributed by atoms with Crippen LogP contribution in [0.15, 0.2) is 66.8 Å². The van der Waals surface area contributed by atoms with E-state index < -0.39 is 0 Å². The molecule has 1 N–H and O–H groups in total. The Bertz CT molecular complexity index is 1050. The van der Waals surface area contributed by atoms with Gasteiger partial charge in [0, 0.05) is 18.2 Å². The van der Waals surface area contributed by atoms with Crippen molar-refractivity contribution in [1.29, 1.82) is 0 Å². The molecule has 1 aliphatic rings. The molecule has 0 amide bonds. The number of ether oxygens (including phenoxy) is 4. The van der Waals surface area contributed by atoms with Crippen LogP contribution < -0.4 is 14.8 Å². The number of hydrogen-bond acceptors (Lipinski definition) is 5. The van der Waals surface area contributed by atoms with Crippen molar-refractivity contribution >= 4 is 0 Å². The van der Waals surface area contributed by atoms with Crippen molar-refractivity contribution in [3.8, 4) is 11.5 Å². The van der Waals surface area contributed by atoms with E-state index in [0.717, 1.165) is 49.5 Å². The standard InChI is InChI=1S/C30H49NO4.C18H34/c1-4-5-6-7-8-9-10-11-12-13-14-15-16-17-18-19-20-33-28-22-26(21-27(23-28)32-3)30-34-25-29(35-30)24-31-2;1-3-5-7-9-11-13-15-17-18-16-14-12-10-8-6-4-2/h8-9,11-12,21-23,29-31H,4-7,10,13-20,24-25H2,1-3H3;11,13,17-18H,3-10,12,14-16H2,1-2H3/b9-8-,12-11-;13-11-,18-17-. The SMILES string of the molecule is CCCCC/C=C\C/C=C\CCCCCCCC.CCCCC/C=C\C/C=C\CCCCCCCCOc1cc(OC)cc(C2OCC(CNC)O2)c1. The van der Waals surface area contributed by atoms with Crippen molar-refractivity contribution in [2.45, 2.75) is 187 Å². The Morgan fingerprint density at radius 1 is 0.585 bits per heavy atom. The molecule has 5 heteroatoms. The highest BCUT2D eigenvalue weighted by atomic mass is 16.7. The Hall–Kier alpha value is -2.34. The van der Waals surface area contributed by atoms with E-state index in [0.29, 0.717) is 6.61 Å². The van der Waals surface area contributed by atoms with E-state index in [2.05, 4.69) is 74.7 Å². The third-order valence-corrected chi connectivity index (χ3v) is 9.51. The van der Waals surface area contributed by atoms with Crippen molar-refractivity contribution in [1.82, 2.24) is 5.32 Å². The molecule has 1 heterocycles. The van der Waals surface area contributed by atoms with Gasteiger partial charge in [-0.3, -0.25) is 0 Å². The van der Waals surface area contributed by atoms with Gasteiger partial charge in [-0.05, 0) is 89.8 Å². The fraction of sp³-hybridized carbons (Fsp3) is 0.708. The van der Waals surface area contributed by atoms with Gasteiger partial charge in [0.15, 0.2) is 6.29 Å². The molecule has 2 rings (SSSR count). The number of benzene rings is 1. The van der Waals surface area contributed by atoms with E-state index in [1.165, 1.54) is 135 Å². The van der Waals surface area contributed by atoms with Gasteiger partial charge in [0.25, 0.3) is 0 Å². The van der Waals surface area contributed by atoms with Crippen LogP contribution in [0.2, 0.25) is 0 Å². The Morgan fingerprint density at radius 2 is 1.04 bits per heavy atom. The summed E-state index contributed by atoms with van der Waals surface area (Å²) in [4.78, 5) is 0. The fourth-order valence-electron chi connectivity index (χ4n) is 6.23. The summed E-state index contributed by atoms with van der Waals surface area (Å²) in [6.07, 6.45) is 49.4. The largest absolute Gasteiger partial charge is 0.497 e. The molecule has 0 radical (unpaired) electrons. The Balaban J connectivity index is 0.000000659. The van der Waals surface area contributed by atoms with Gasteiger partial charge >= 0.3 is 0 Å². The number of hydrogen-bond donors (Lipinski definition) is 1. The maximum Gasteiger partial charge on any atom is 0.184 e. The van der Waals surface area contributed by atoms with Gasteiger partial charge in [-0.1, -0.05) is 153 Å². The van der Waals surface area contributed by atoms with E-state index in [9.17, 15) is 0 Å². The van der Waals surface area contributed by atoms with Gasteiger partial charge in [-0.25, -0.2) is 0 Å². The summed E-state index contributed by atoms with van der Waals surface area (Å²) in [5.74, 6) is 1.57. The molecule has 1 saturated heterocycles. The summed E-state index contributed by atoms with van der Waals surface area (Å²) in [5.41, 5.74) is 0.940. The number of rotatable bonds is 33. The van der Waals surface area contributed by atoms with Gasteiger partial charge in [0.05, 0.1) is 26.4 Å². The van der Waals surface area contributed by atoms with E-state index in [-0.39, 0.29) is 12.4 Å². The molecule has 2 unspecified atom stereocenters. The smallest absolute Gasteiger partial charge is 0.184 e. The second kappa shape index (κ2) is 38.0. The van der Waals surface area contributed by atoms with Crippen LogP contribution in [0.5, 0.6) is 11.5 Å². The van der Waals surface area contributed by atoms with Gasteiger partial charge in [0.2, 0.25) is 0 Å². The molecule has 0 aromatic heterocycles. The second-order valence-corrected chi connectivity index (χ2v) is 14.6. The Kier molecular flexibility index (Phi) is 34.9. The average Bonchev–Trinajstić information content (AvgIpc) is 3.65. The van der Waals surface area contributed by atoms with Crippen molar-refractivity contribution in [2.75, 3.05) is 33.9 Å². The molecule has 0 bridgehead atoms. The third-order valence-electron chi connectivity index (χ3n) is 9.51. The van der Waals surface area contributed by atoms with Crippen molar-refractivity contribution < 1.29 is 18.9 Å². The molecule has 0 saturated carbocycles. The van der Waals surface area contributed by atoms with Crippen molar-refractivity contribution in [3.63, 3.8) is 0 Å². The van der Waals surface area contributed by atoms with E-state index in [1.54, 1.807) is 7.11 Å². The summed E-state index contributed by atoms with van der Waals surface area (Å²) in [7, 11) is 3.59. The number of nitrogens with one attached hydrogen (secondary N) is 1. The molecule has 304 valence electrons. The lowest BCUT2D eigenvalue weighted by atomic mass is 10.1. The maximum atomic E-state index is 6.02. The predicted molar refractivity (Wildman–Crippen MR) is 230 cm³/mol. The van der Waals surface area contributed by atoms with Gasteiger partial charge in [0.1, 0.15) is 11.5 Å². The lowest BCUT2D eigenvalue weighted by Gasteiger charge is -2.15. The number of methoxy groups -OCH3 is 1. The predicted octanol–water partition coefficient (Wildman–Crippen LogP) is 14.3. The lowest BCUT2D eigenvalue weighted by Crippen LogP contribution is -2.25. The van der Waals surface area contributed by atoms with Crippen LogP contribution >= 0.6 is 0 Å². The van der Waals surface area contributed by atoms with Crippen molar-refractivity contribution in [3.05, 3.63) is 72.4 Å². The zero-order chi connectivity index (χ0) is 38.3. The van der Waals surface area contributed by atoms with E-state index in [4.69, 9.17) is 18.9 Å². The molecular formula is C48H83NO4. The first-order valence-electron chi connectivity index (χ1n) is 22.0. The number of likely N-dealkylation sites (N-methyl/N-ethyl adjacent to an activating group) is 1. The number of allylic oxidation sites excluding steroid dienone is 8. The lowest BCUT2D eigenvalue weighted by molar-refractivity contribution is -0.0596. The topological polar surface area (TPSA) is 49.0 Å². The molecule has 0 aliphatic carbocycles. The third kappa shape index (κ3) is 29.7. The summed E-state index contributed by atoms with van der Waals surface area (Å²) in [6, 6.07) is 5.89. The molecule has 2 atom stereocenters. The summed E-state index contributed by atoms with van der Waals surface area (Å²) in [6.45, 7) is 8.87. The zero-order valence-electron chi connectivity index (χ0n) is 35.2. The molecule has 5 nitrogen and oxygen atoms in total. The Labute approximate surface area is 328 Å². The molecular weight excluding hydrogens is 655 g/mol. The van der Waals surface area contributed by atoms with Crippen LogP contribution in [0.1, 0.15) is 187 Å². The average molecular weight is 738 g/mol. The highest BCUT2D eigenvalue weighted by Gasteiger charge is 2.27. The highest BCUT2D eigenvalue weighted by Crippen LogP contribution is 2.32. The summed E-state index contributed by atoms with van der Waals surface area (Å²) in [5, 5.41) is 3.13. The van der Waals surface area contributed by atoms with Gasteiger partial charge in [-0.15, -0.1) is 0 Å². The maximum absolute atomic E-state index is 6.02. The summed E-state index contributed by atoms with van der Waals surface area (Å²) >= 11 is 0. The molecule has 1 aliphatic heterocycles. The minimum atomic E-state index is -0.368. The number of unbranched alkanes of at least 4 members (excludes halogenated alkanes) is 18. The molecule has 1 fully saturated rings. The summed E-state index contributed by atoms with van der Waals surface area (Å²) < 4.78 is 23.3. The van der Waals surface area contributed by atoms with E-state index >= 15 is 0 Å². The molecule has 53 heavy (non-hydrogen) atoms. The van der Waals surface area contributed by atoms with Crippen molar-refractivity contribution in [2.24, 2.45) is 0 Å². The van der Waals surface area contributed by atoms with Gasteiger partial charge in [-0.2, -0.15) is 0 Å². The fourth-order valence-corrected chi connectivity index (χ4v) is 6.23. The molecule has 0 spiro atoms. The monoisotopic (exact) mass is 738 g/mol. The van der Waals surface area contributed by atoms with Crippen LogP contribution in [0, 0.1) is 0 Å². The first-order valence-corrected chi connectivity index (χ1v) is 22.0.